The largest absolute Gasteiger partial charge is 0.390 e. The number of piperidine rings is 1. The maximum absolute atomic E-state index is 12.0. The predicted octanol–water partition coefficient (Wildman–Crippen LogP) is -0.103. The van der Waals surface area contributed by atoms with E-state index >= 15 is 0 Å². The molecular weight excluding hydrogens is 220 g/mol. The summed E-state index contributed by atoms with van der Waals surface area (Å²) in [6.45, 7) is 5.15. The fraction of sp³-hybridized carbons (Fsp3) is 0.727. The van der Waals surface area contributed by atoms with Crippen LogP contribution in [0, 0.1) is 5.92 Å². The van der Waals surface area contributed by atoms with Gasteiger partial charge in [0.05, 0.1) is 18.0 Å². The molecule has 94 valence electrons. The molecule has 2 rings (SSSR count). The van der Waals surface area contributed by atoms with Crippen LogP contribution in [0.15, 0.2) is 12.4 Å². The Bertz CT molecular complexity index is 388. The monoisotopic (exact) mass is 238 g/mol. The number of aromatic nitrogens is 3. The number of hydrogen-bond acceptors (Lipinski definition) is 4. The summed E-state index contributed by atoms with van der Waals surface area (Å²) in [6, 6.07) is 0. The summed E-state index contributed by atoms with van der Waals surface area (Å²) in [5, 5.41) is 17.8. The van der Waals surface area contributed by atoms with Crippen LogP contribution in [0.4, 0.5) is 0 Å². The van der Waals surface area contributed by atoms with Crippen LogP contribution in [0.1, 0.15) is 20.3 Å². The lowest BCUT2D eigenvalue weighted by molar-refractivity contribution is -0.139. The lowest BCUT2D eigenvalue weighted by Crippen LogP contribution is -2.51. The standard InChI is InChI=1S/C11H18N4O2/c1-9-7-14(6-3-11(9,2)17)10(16)8-15-12-4-5-13-15/h4-5,9,17H,3,6-8H2,1-2H3/t9-,11+/m1/s1. The minimum absolute atomic E-state index is 0.00329. The second-order valence-corrected chi connectivity index (χ2v) is 4.91. The van der Waals surface area contributed by atoms with Crippen molar-refractivity contribution in [2.75, 3.05) is 13.1 Å². The van der Waals surface area contributed by atoms with Gasteiger partial charge in [-0.2, -0.15) is 15.0 Å². The van der Waals surface area contributed by atoms with Crippen molar-refractivity contribution in [2.45, 2.75) is 32.4 Å². The first-order chi connectivity index (χ1) is 7.99. The average Bonchev–Trinajstić information content (AvgIpc) is 2.74. The fourth-order valence-electron chi connectivity index (χ4n) is 2.00. The fourth-order valence-corrected chi connectivity index (χ4v) is 2.00. The van der Waals surface area contributed by atoms with E-state index in [0.717, 1.165) is 0 Å². The van der Waals surface area contributed by atoms with Crippen molar-refractivity contribution in [3.8, 4) is 0 Å². The zero-order valence-corrected chi connectivity index (χ0v) is 10.2. The van der Waals surface area contributed by atoms with Crippen molar-refractivity contribution in [2.24, 2.45) is 5.92 Å². The summed E-state index contributed by atoms with van der Waals surface area (Å²) in [7, 11) is 0. The SMILES string of the molecule is C[C@@H]1CN(C(=O)Cn2nccn2)CC[C@]1(C)O. The normalized spacial score (nSPS) is 29.4. The van der Waals surface area contributed by atoms with Crippen molar-refractivity contribution in [3.05, 3.63) is 12.4 Å². The highest BCUT2D eigenvalue weighted by Crippen LogP contribution is 2.27. The van der Waals surface area contributed by atoms with E-state index in [0.29, 0.717) is 19.5 Å². The van der Waals surface area contributed by atoms with Gasteiger partial charge >= 0.3 is 0 Å². The van der Waals surface area contributed by atoms with E-state index < -0.39 is 5.60 Å². The topological polar surface area (TPSA) is 71.2 Å². The van der Waals surface area contributed by atoms with Gasteiger partial charge in [-0.15, -0.1) is 0 Å². The molecule has 1 fully saturated rings. The third-order valence-electron chi connectivity index (χ3n) is 3.54. The number of carbonyl (C=O) groups is 1. The molecule has 0 unspecified atom stereocenters. The maximum Gasteiger partial charge on any atom is 0.246 e. The summed E-state index contributed by atoms with van der Waals surface area (Å²) in [5.74, 6) is 0.0920. The molecule has 1 saturated heterocycles. The number of amides is 1. The number of carbonyl (C=O) groups excluding carboxylic acids is 1. The first-order valence-corrected chi connectivity index (χ1v) is 5.83. The van der Waals surface area contributed by atoms with Crippen LogP contribution in [0.2, 0.25) is 0 Å². The third kappa shape index (κ3) is 2.63. The minimum atomic E-state index is -0.666. The van der Waals surface area contributed by atoms with Gasteiger partial charge in [0, 0.05) is 19.0 Å². The molecule has 0 bridgehead atoms. The zero-order chi connectivity index (χ0) is 12.5. The van der Waals surface area contributed by atoms with Gasteiger partial charge in [-0.25, -0.2) is 0 Å². The van der Waals surface area contributed by atoms with E-state index in [-0.39, 0.29) is 18.4 Å². The van der Waals surface area contributed by atoms with Crippen molar-refractivity contribution in [1.29, 1.82) is 0 Å². The molecule has 1 aromatic rings. The molecule has 6 nitrogen and oxygen atoms in total. The molecule has 0 aliphatic carbocycles. The average molecular weight is 238 g/mol. The molecule has 0 radical (unpaired) electrons. The third-order valence-corrected chi connectivity index (χ3v) is 3.54. The second-order valence-electron chi connectivity index (χ2n) is 4.91. The van der Waals surface area contributed by atoms with E-state index in [1.165, 1.54) is 4.80 Å². The van der Waals surface area contributed by atoms with Crippen molar-refractivity contribution in [3.63, 3.8) is 0 Å². The Balaban J connectivity index is 1.93. The Morgan fingerprint density at radius 1 is 1.53 bits per heavy atom. The van der Waals surface area contributed by atoms with Crippen molar-refractivity contribution in [1.82, 2.24) is 19.9 Å². The highest BCUT2D eigenvalue weighted by atomic mass is 16.3. The maximum atomic E-state index is 12.0. The highest BCUT2D eigenvalue weighted by molar-refractivity contribution is 5.75. The first kappa shape index (κ1) is 12.0. The molecule has 1 aromatic heterocycles. The van der Waals surface area contributed by atoms with Gasteiger partial charge in [0.1, 0.15) is 6.54 Å². The quantitative estimate of drug-likeness (QED) is 0.781. The molecule has 2 atom stereocenters. The molecular formula is C11H18N4O2. The molecule has 1 amide bonds. The Morgan fingerprint density at radius 3 is 2.76 bits per heavy atom. The van der Waals surface area contributed by atoms with Crippen LogP contribution in [-0.2, 0) is 11.3 Å². The number of likely N-dealkylation sites (tertiary alicyclic amines) is 1. The van der Waals surface area contributed by atoms with Crippen molar-refractivity contribution >= 4 is 5.91 Å². The van der Waals surface area contributed by atoms with Gasteiger partial charge in [0.15, 0.2) is 0 Å². The summed E-state index contributed by atoms with van der Waals surface area (Å²) in [4.78, 5) is 15.1. The van der Waals surface area contributed by atoms with E-state index in [1.54, 1.807) is 17.3 Å². The second kappa shape index (κ2) is 4.44. The molecule has 1 aliphatic rings. The number of aliphatic hydroxyl groups is 1. The molecule has 1 N–H and O–H groups in total. The predicted molar refractivity (Wildman–Crippen MR) is 61.0 cm³/mol. The summed E-state index contributed by atoms with van der Waals surface area (Å²) in [5.41, 5.74) is -0.666. The van der Waals surface area contributed by atoms with Crippen LogP contribution < -0.4 is 0 Å². The van der Waals surface area contributed by atoms with Crippen molar-refractivity contribution < 1.29 is 9.90 Å². The lowest BCUT2D eigenvalue weighted by atomic mass is 9.84. The smallest absolute Gasteiger partial charge is 0.246 e. The molecule has 0 saturated carbocycles. The molecule has 6 heteroatoms. The van der Waals surface area contributed by atoms with Crippen LogP contribution in [-0.4, -0.2) is 49.6 Å². The molecule has 0 aromatic carbocycles. The Kier molecular flexibility index (Phi) is 3.15. The Morgan fingerprint density at radius 2 is 2.18 bits per heavy atom. The van der Waals surface area contributed by atoms with Crippen LogP contribution in [0.25, 0.3) is 0 Å². The van der Waals surface area contributed by atoms with Gasteiger partial charge in [-0.3, -0.25) is 4.79 Å². The van der Waals surface area contributed by atoms with Crippen LogP contribution in [0.3, 0.4) is 0 Å². The summed E-state index contributed by atoms with van der Waals surface area (Å²) < 4.78 is 0. The Hall–Kier alpha value is -1.43. The Labute approximate surface area is 100 Å². The summed E-state index contributed by atoms with van der Waals surface area (Å²) in [6.07, 6.45) is 3.72. The van der Waals surface area contributed by atoms with Gasteiger partial charge in [-0.1, -0.05) is 6.92 Å². The van der Waals surface area contributed by atoms with Gasteiger partial charge in [-0.05, 0) is 13.3 Å². The van der Waals surface area contributed by atoms with E-state index in [2.05, 4.69) is 10.2 Å². The van der Waals surface area contributed by atoms with Crippen LogP contribution in [0.5, 0.6) is 0 Å². The summed E-state index contributed by atoms with van der Waals surface area (Å²) >= 11 is 0. The highest BCUT2D eigenvalue weighted by Gasteiger charge is 2.36. The minimum Gasteiger partial charge on any atom is -0.390 e. The number of hydrogen-bond donors (Lipinski definition) is 1. The van der Waals surface area contributed by atoms with Gasteiger partial charge < -0.3 is 10.0 Å². The van der Waals surface area contributed by atoms with Gasteiger partial charge in [0.25, 0.3) is 0 Å². The lowest BCUT2D eigenvalue weighted by Gasteiger charge is -2.41. The number of rotatable bonds is 2. The zero-order valence-electron chi connectivity index (χ0n) is 10.2. The molecule has 0 spiro atoms. The first-order valence-electron chi connectivity index (χ1n) is 5.83. The van der Waals surface area contributed by atoms with E-state index in [4.69, 9.17) is 0 Å². The number of nitrogens with zero attached hydrogens (tertiary/aromatic N) is 4. The van der Waals surface area contributed by atoms with E-state index in [9.17, 15) is 9.90 Å². The van der Waals surface area contributed by atoms with Gasteiger partial charge in [0.2, 0.25) is 5.91 Å². The van der Waals surface area contributed by atoms with E-state index in [1.807, 2.05) is 13.8 Å². The van der Waals surface area contributed by atoms with Crippen LogP contribution >= 0.6 is 0 Å². The molecule has 17 heavy (non-hydrogen) atoms. The molecule has 2 heterocycles. The molecule has 1 aliphatic heterocycles.